The van der Waals surface area contributed by atoms with E-state index in [2.05, 4.69) is 0 Å². The van der Waals surface area contributed by atoms with Crippen molar-refractivity contribution in [2.24, 2.45) is 5.73 Å². The molecule has 3 N–H and O–H groups in total. The van der Waals surface area contributed by atoms with E-state index < -0.39 is 0 Å². The zero-order valence-electron chi connectivity index (χ0n) is 12.3. The molecule has 0 atom stereocenters. The Morgan fingerprint density at radius 3 is 2.64 bits per heavy atom. The Bertz CT molecular complexity index is 796. The van der Waals surface area contributed by atoms with Crippen LogP contribution in [-0.4, -0.2) is 23.6 Å². The van der Waals surface area contributed by atoms with Gasteiger partial charge in [0.25, 0.3) is 5.56 Å². The minimum absolute atomic E-state index is 0.211. The molecule has 0 bridgehead atoms. The van der Waals surface area contributed by atoms with E-state index in [1.807, 2.05) is 25.1 Å². The van der Waals surface area contributed by atoms with Crippen molar-refractivity contribution in [3.63, 3.8) is 0 Å². The molecule has 0 aliphatic carbocycles. The number of nitrogens with zero attached hydrogens (tertiary/aromatic N) is 1. The van der Waals surface area contributed by atoms with E-state index in [1.54, 1.807) is 16.7 Å². The lowest BCUT2D eigenvalue weighted by Gasteiger charge is -2.20. The normalized spacial score (nSPS) is 13.0. The monoisotopic (exact) mass is 299 g/mol. The molecule has 6 heteroatoms. The summed E-state index contributed by atoms with van der Waals surface area (Å²) >= 11 is 0. The van der Waals surface area contributed by atoms with Crippen molar-refractivity contribution in [3.8, 4) is 22.8 Å². The molecule has 0 unspecified atom stereocenters. The topological polar surface area (TPSA) is 90.3 Å². The van der Waals surface area contributed by atoms with Crippen LogP contribution in [0.25, 0.3) is 11.3 Å². The summed E-state index contributed by atoms with van der Waals surface area (Å²) in [7, 11) is 0. The van der Waals surface area contributed by atoms with E-state index in [9.17, 15) is 4.79 Å². The first-order valence-electron chi connectivity index (χ1n) is 7.10. The molecular weight excluding hydrogens is 282 g/mol. The number of nitrogens with one attached hydrogen (secondary N) is 1. The fourth-order valence-electron chi connectivity index (χ4n) is 2.55. The fraction of sp³-hybridized carbons (Fsp3) is 0.250. The van der Waals surface area contributed by atoms with Crippen LogP contribution in [0.15, 0.2) is 35.1 Å². The van der Waals surface area contributed by atoms with Gasteiger partial charge in [-0.25, -0.2) is 0 Å². The molecule has 114 valence electrons. The third-order valence-electron chi connectivity index (χ3n) is 3.62. The number of hydrogen-bond donors (Lipinski definition) is 2. The number of fused-ring (bicyclic) bond motifs is 1. The second-order valence-electron chi connectivity index (χ2n) is 4.95. The molecule has 1 aromatic heterocycles. The van der Waals surface area contributed by atoms with Crippen LogP contribution in [0.3, 0.4) is 0 Å². The average Bonchev–Trinajstić information content (AvgIpc) is 2.53. The van der Waals surface area contributed by atoms with Gasteiger partial charge in [0.2, 0.25) is 0 Å². The number of amidine groups is 1. The number of nitrogen functional groups attached to an aromatic ring is 1. The summed E-state index contributed by atoms with van der Waals surface area (Å²) in [6, 6.07) is 8.98. The molecule has 0 spiro atoms. The standard InChI is InChI=1S/C16H17N3O3/c1-2-19-12(5-4-11(15(17)18)16(19)20)10-3-6-13-14(9-10)22-8-7-21-13/h3-6,9H,2,7-8H2,1H3,(H3,17,18). The van der Waals surface area contributed by atoms with E-state index in [-0.39, 0.29) is 17.0 Å². The molecule has 1 aliphatic heterocycles. The number of aromatic nitrogens is 1. The summed E-state index contributed by atoms with van der Waals surface area (Å²) < 4.78 is 12.7. The van der Waals surface area contributed by atoms with Crippen LogP contribution >= 0.6 is 0 Å². The van der Waals surface area contributed by atoms with Gasteiger partial charge in [0, 0.05) is 12.1 Å². The van der Waals surface area contributed by atoms with Gasteiger partial charge in [0.15, 0.2) is 11.5 Å². The highest BCUT2D eigenvalue weighted by Crippen LogP contribution is 2.34. The highest BCUT2D eigenvalue weighted by atomic mass is 16.6. The molecule has 0 amide bonds. The first kappa shape index (κ1) is 14.2. The minimum atomic E-state index is -0.262. The molecular formula is C16H17N3O3. The zero-order valence-corrected chi connectivity index (χ0v) is 12.3. The Hall–Kier alpha value is -2.76. The van der Waals surface area contributed by atoms with Crippen LogP contribution in [-0.2, 0) is 6.54 Å². The van der Waals surface area contributed by atoms with E-state index in [1.165, 1.54) is 0 Å². The van der Waals surface area contributed by atoms with E-state index in [0.717, 1.165) is 11.3 Å². The molecule has 3 rings (SSSR count). The predicted molar refractivity (Wildman–Crippen MR) is 83.8 cm³/mol. The Morgan fingerprint density at radius 1 is 1.23 bits per heavy atom. The van der Waals surface area contributed by atoms with E-state index in [4.69, 9.17) is 20.6 Å². The van der Waals surface area contributed by atoms with Crippen molar-refractivity contribution in [3.05, 3.63) is 46.2 Å². The number of pyridine rings is 1. The van der Waals surface area contributed by atoms with Crippen molar-refractivity contribution in [1.29, 1.82) is 5.41 Å². The number of benzene rings is 1. The van der Waals surface area contributed by atoms with Crippen molar-refractivity contribution in [2.75, 3.05) is 13.2 Å². The lowest BCUT2D eigenvalue weighted by atomic mass is 10.1. The maximum Gasteiger partial charge on any atom is 0.261 e. The molecule has 0 saturated carbocycles. The molecule has 2 aromatic rings. The quantitative estimate of drug-likeness (QED) is 0.665. The van der Waals surface area contributed by atoms with Crippen molar-refractivity contribution >= 4 is 5.84 Å². The highest BCUT2D eigenvalue weighted by Gasteiger charge is 2.15. The number of hydrogen-bond acceptors (Lipinski definition) is 4. The van der Waals surface area contributed by atoms with Crippen molar-refractivity contribution < 1.29 is 9.47 Å². The molecule has 1 aliphatic rings. The van der Waals surface area contributed by atoms with Crippen LogP contribution in [0.4, 0.5) is 0 Å². The summed E-state index contributed by atoms with van der Waals surface area (Å²) in [6.07, 6.45) is 0. The Morgan fingerprint density at radius 2 is 1.95 bits per heavy atom. The Balaban J connectivity index is 2.14. The number of nitrogens with two attached hydrogens (primary N) is 1. The van der Waals surface area contributed by atoms with Crippen molar-refractivity contribution in [1.82, 2.24) is 4.57 Å². The summed E-state index contributed by atoms with van der Waals surface area (Å²) in [5.41, 5.74) is 7.02. The van der Waals surface area contributed by atoms with E-state index >= 15 is 0 Å². The lowest BCUT2D eigenvalue weighted by Crippen LogP contribution is -2.30. The third kappa shape index (κ3) is 2.32. The van der Waals surface area contributed by atoms with E-state index in [0.29, 0.717) is 31.3 Å². The first-order valence-corrected chi connectivity index (χ1v) is 7.10. The van der Waals surface area contributed by atoms with Gasteiger partial charge >= 0.3 is 0 Å². The van der Waals surface area contributed by atoms with Crippen molar-refractivity contribution in [2.45, 2.75) is 13.5 Å². The molecule has 0 radical (unpaired) electrons. The molecule has 6 nitrogen and oxygen atoms in total. The van der Waals surface area contributed by atoms with Crippen LogP contribution in [0.5, 0.6) is 11.5 Å². The van der Waals surface area contributed by atoms with Crippen LogP contribution in [0.2, 0.25) is 0 Å². The van der Waals surface area contributed by atoms with Gasteiger partial charge in [-0.1, -0.05) is 0 Å². The molecule has 22 heavy (non-hydrogen) atoms. The Kier molecular flexibility index (Phi) is 3.58. The minimum Gasteiger partial charge on any atom is -0.486 e. The summed E-state index contributed by atoms with van der Waals surface area (Å²) in [6.45, 7) is 3.43. The smallest absolute Gasteiger partial charge is 0.261 e. The average molecular weight is 299 g/mol. The van der Waals surface area contributed by atoms with Gasteiger partial charge in [0.05, 0.1) is 11.3 Å². The Labute approximate surface area is 127 Å². The molecule has 1 aromatic carbocycles. The second-order valence-corrected chi connectivity index (χ2v) is 4.95. The summed E-state index contributed by atoms with van der Waals surface area (Å²) in [5.74, 6) is 1.16. The summed E-state index contributed by atoms with van der Waals surface area (Å²) in [5, 5.41) is 7.48. The van der Waals surface area contributed by atoms with Gasteiger partial charge in [-0.15, -0.1) is 0 Å². The number of ether oxygens (including phenoxy) is 2. The highest BCUT2D eigenvalue weighted by molar-refractivity contribution is 5.94. The number of rotatable bonds is 3. The maximum atomic E-state index is 12.4. The van der Waals surface area contributed by atoms with Gasteiger partial charge in [-0.05, 0) is 37.3 Å². The SMILES string of the molecule is CCn1c(-c2ccc3c(c2)OCCO3)ccc(C(=N)N)c1=O. The van der Waals surface area contributed by atoms with Crippen LogP contribution < -0.4 is 20.8 Å². The molecule has 0 saturated heterocycles. The predicted octanol–water partition coefficient (Wildman–Crippen LogP) is 1.59. The van der Waals surface area contributed by atoms with Gasteiger partial charge in [-0.3, -0.25) is 10.2 Å². The van der Waals surface area contributed by atoms with Gasteiger partial charge in [0.1, 0.15) is 19.0 Å². The molecule has 2 heterocycles. The van der Waals surface area contributed by atoms with Gasteiger partial charge < -0.3 is 19.8 Å². The van der Waals surface area contributed by atoms with Gasteiger partial charge in [-0.2, -0.15) is 0 Å². The lowest BCUT2D eigenvalue weighted by molar-refractivity contribution is 0.171. The molecule has 0 fully saturated rings. The largest absolute Gasteiger partial charge is 0.486 e. The zero-order chi connectivity index (χ0) is 15.7. The van der Waals surface area contributed by atoms with Crippen LogP contribution in [0, 0.1) is 5.41 Å². The fourth-order valence-corrected chi connectivity index (χ4v) is 2.55. The first-order chi connectivity index (χ1) is 10.6. The maximum absolute atomic E-state index is 12.4. The second kappa shape index (κ2) is 5.55. The summed E-state index contributed by atoms with van der Waals surface area (Å²) in [4.78, 5) is 12.4. The third-order valence-corrected chi connectivity index (χ3v) is 3.62. The van der Waals surface area contributed by atoms with Crippen LogP contribution in [0.1, 0.15) is 12.5 Å².